The molecule has 2 N–H and O–H groups in total. The maximum absolute atomic E-state index is 12.5. The van der Waals surface area contributed by atoms with Crippen LogP contribution < -0.4 is 10.2 Å². The van der Waals surface area contributed by atoms with Gasteiger partial charge in [0.1, 0.15) is 6.54 Å². The summed E-state index contributed by atoms with van der Waals surface area (Å²) >= 11 is 0. The first kappa shape index (κ1) is 16.5. The fourth-order valence-corrected chi connectivity index (χ4v) is 2.97. The molecular weight excluding hydrogens is 317 g/mol. The first-order chi connectivity index (χ1) is 11.4. The molecule has 0 saturated heterocycles. The van der Waals surface area contributed by atoms with E-state index < -0.39 is 11.7 Å². The summed E-state index contributed by atoms with van der Waals surface area (Å²) in [5, 5.41) is 2.66. The summed E-state index contributed by atoms with van der Waals surface area (Å²) in [4.78, 5) is 13.3. The third-order valence-electron chi connectivity index (χ3n) is 4.21. The molecule has 1 aliphatic heterocycles. The molecule has 0 radical (unpaired) electrons. The second-order valence-corrected chi connectivity index (χ2v) is 6.00. The molecule has 0 aromatic heterocycles. The second kappa shape index (κ2) is 6.65. The maximum atomic E-state index is 12.5. The molecule has 2 aromatic carbocycles. The number of rotatable bonds is 3. The molecule has 0 spiro atoms. The predicted molar refractivity (Wildman–Crippen MR) is 84.6 cm³/mol. The molecule has 126 valence electrons. The van der Waals surface area contributed by atoms with E-state index >= 15 is 0 Å². The first-order valence-corrected chi connectivity index (χ1v) is 7.79. The number of alkyl halides is 3. The fourth-order valence-electron chi connectivity index (χ4n) is 2.97. The molecule has 0 saturated carbocycles. The Balaban J connectivity index is 1.57. The summed E-state index contributed by atoms with van der Waals surface area (Å²) in [6.07, 6.45) is -3.44. The van der Waals surface area contributed by atoms with E-state index in [1.54, 1.807) is 0 Å². The average Bonchev–Trinajstić information content (AvgIpc) is 2.54. The lowest BCUT2D eigenvalue weighted by Crippen LogP contribution is -3.12. The molecule has 1 heterocycles. The Kier molecular flexibility index (Phi) is 4.57. The van der Waals surface area contributed by atoms with Crippen molar-refractivity contribution in [3.05, 3.63) is 65.2 Å². The first-order valence-electron chi connectivity index (χ1n) is 7.79. The van der Waals surface area contributed by atoms with Gasteiger partial charge < -0.3 is 10.2 Å². The largest absolute Gasteiger partial charge is 0.416 e. The van der Waals surface area contributed by atoms with Crippen LogP contribution in [0, 0.1) is 0 Å². The highest BCUT2D eigenvalue weighted by molar-refractivity contribution is 5.91. The Labute approximate surface area is 138 Å². The van der Waals surface area contributed by atoms with Crippen molar-refractivity contribution in [2.75, 3.05) is 18.4 Å². The molecule has 1 atom stereocenters. The summed E-state index contributed by atoms with van der Waals surface area (Å²) in [5.41, 5.74) is 2.23. The highest BCUT2D eigenvalue weighted by Crippen LogP contribution is 2.29. The lowest BCUT2D eigenvalue weighted by Gasteiger charge is -2.25. The minimum atomic E-state index is -4.37. The quantitative estimate of drug-likeness (QED) is 0.887. The minimum Gasteiger partial charge on any atom is -0.323 e. The molecular formula is C18H18F3N2O+. The van der Waals surface area contributed by atoms with Crippen LogP contribution in [0.25, 0.3) is 0 Å². The van der Waals surface area contributed by atoms with E-state index in [-0.39, 0.29) is 5.91 Å². The Morgan fingerprint density at radius 1 is 1.04 bits per heavy atom. The zero-order chi connectivity index (χ0) is 17.2. The van der Waals surface area contributed by atoms with Gasteiger partial charge in [-0.2, -0.15) is 13.2 Å². The van der Waals surface area contributed by atoms with Crippen LogP contribution >= 0.6 is 0 Å². The molecule has 1 amide bonds. The Morgan fingerprint density at radius 3 is 2.38 bits per heavy atom. The molecule has 3 rings (SSSR count). The zero-order valence-corrected chi connectivity index (χ0v) is 13.0. The molecule has 1 unspecified atom stereocenters. The van der Waals surface area contributed by atoms with Gasteiger partial charge in [0.15, 0.2) is 6.54 Å². The normalized spacial score (nSPS) is 17.2. The monoisotopic (exact) mass is 335 g/mol. The molecule has 0 fully saturated rings. The van der Waals surface area contributed by atoms with Gasteiger partial charge in [0.25, 0.3) is 5.91 Å². The van der Waals surface area contributed by atoms with Crippen LogP contribution in [0.4, 0.5) is 18.9 Å². The highest BCUT2D eigenvalue weighted by atomic mass is 19.4. The minimum absolute atomic E-state index is 0.191. The van der Waals surface area contributed by atoms with Crippen LogP contribution in [0.3, 0.4) is 0 Å². The average molecular weight is 335 g/mol. The van der Waals surface area contributed by atoms with Gasteiger partial charge in [-0.1, -0.05) is 24.3 Å². The standard InChI is InChI=1S/C18H17F3N2O/c19-18(20,21)15-5-7-16(8-6-15)22-17(24)12-23-10-9-13-3-1-2-4-14(13)11-23/h1-8H,9-12H2,(H,22,24)/p+1. The van der Waals surface area contributed by atoms with Crippen LogP contribution in [0.15, 0.2) is 48.5 Å². The fraction of sp³-hybridized carbons (Fsp3) is 0.278. The van der Waals surface area contributed by atoms with Gasteiger partial charge in [-0.15, -0.1) is 0 Å². The number of amides is 1. The number of anilines is 1. The number of carbonyl (C=O) groups is 1. The smallest absolute Gasteiger partial charge is 0.323 e. The van der Waals surface area contributed by atoms with Crippen molar-refractivity contribution < 1.29 is 22.9 Å². The van der Waals surface area contributed by atoms with Crippen molar-refractivity contribution in [1.29, 1.82) is 0 Å². The second-order valence-electron chi connectivity index (χ2n) is 6.00. The van der Waals surface area contributed by atoms with Gasteiger partial charge in [-0.05, 0) is 29.8 Å². The third-order valence-corrected chi connectivity index (χ3v) is 4.21. The number of quaternary nitrogens is 1. The van der Waals surface area contributed by atoms with Gasteiger partial charge in [-0.25, -0.2) is 0 Å². The summed E-state index contributed by atoms with van der Waals surface area (Å²) < 4.78 is 37.6. The molecule has 6 heteroatoms. The van der Waals surface area contributed by atoms with Crippen molar-refractivity contribution in [3.63, 3.8) is 0 Å². The molecule has 24 heavy (non-hydrogen) atoms. The number of carbonyl (C=O) groups excluding carboxylic acids is 1. The number of benzene rings is 2. The molecule has 1 aliphatic rings. The molecule has 0 aliphatic carbocycles. The van der Waals surface area contributed by atoms with E-state index in [0.717, 1.165) is 36.5 Å². The van der Waals surface area contributed by atoms with Crippen LogP contribution in [0.5, 0.6) is 0 Å². The number of hydrogen-bond donors (Lipinski definition) is 2. The van der Waals surface area contributed by atoms with Crippen molar-refractivity contribution in [1.82, 2.24) is 0 Å². The van der Waals surface area contributed by atoms with Gasteiger partial charge in [-0.3, -0.25) is 4.79 Å². The third kappa shape index (κ3) is 3.94. The van der Waals surface area contributed by atoms with E-state index in [0.29, 0.717) is 12.2 Å². The number of halogens is 3. The Morgan fingerprint density at radius 2 is 1.71 bits per heavy atom. The molecule has 2 aromatic rings. The number of nitrogens with one attached hydrogen (secondary N) is 2. The van der Waals surface area contributed by atoms with Crippen molar-refractivity contribution in [2.45, 2.75) is 19.1 Å². The SMILES string of the molecule is O=C(C[NH+]1CCc2ccccc2C1)Nc1ccc(C(F)(F)F)cc1. The predicted octanol–water partition coefficient (Wildman–Crippen LogP) is 2.29. The maximum Gasteiger partial charge on any atom is 0.416 e. The molecule has 3 nitrogen and oxygen atoms in total. The lowest BCUT2D eigenvalue weighted by atomic mass is 10.00. The van der Waals surface area contributed by atoms with Crippen LogP contribution in [0.1, 0.15) is 16.7 Å². The van der Waals surface area contributed by atoms with E-state index in [4.69, 9.17) is 0 Å². The topological polar surface area (TPSA) is 33.5 Å². The summed E-state index contributed by atoms with van der Waals surface area (Å²) in [5.74, 6) is -0.191. The van der Waals surface area contributed by atoms with E-state index in [1.807, 2.05) is 12.1 Å². The lowest BCUT2D eigenvalue weighted by molar-refractivity contribution is -0.907. The van der Waals surface area contributed by atoms with Gasteiger partial charge in [0, 0.05) is 17.7 Å². The van der Waals surface area contributed by atoms with Crippen LogP contribution in [-0.4, -0.2) is 19.0 Å². The van der Waals surface area contributed by atoms with Gasteiger partial charge in [0.2, 0.25) is 0 Å². The molecule has 0 bridgehead atoms. The van der Waals surface area contributed by atoms with E-state index in [1.165, 1.54) is 23.3 Å². The van der Waals surface area contributed by atoms with Crippen molar-refractivity contribution >= 4 is 11.6 Å². The highest BCUT2D eigenvalue weighted by Gasteiger charge is 2.30. The summed E-state index contributed by atoms with van der Waals surface area (Å²) in [6, 6.07) is 12.7. The number of fused-ring (bicyclic) bond motifs is 1. The van der Waals surface area contributed by atoms with Crippen molar-refractivity contribution in [2.24, 2.45) is 0 Å². The van der Waals surface area contributed by atoms with Gasteiger partial charge >= 0.3 is 6.18 Å². The number of hydrogen-bond acceptors (Lipinski definition) is 1. The summed E-state index contributed by atoms with van der Waals surface area (Å²) in [7, 11) is 0. The van der Waals surface area contributed by atoms with Crippen LogP contribution in [0.2, 0.25) is 0 Å². The van der Waals surface area contributed by atoms with E-state index in [2.05, 4.69) is 17.4 Å². The Bertz CT molecular complexity index is 726. The van der Waals surface area contributed by atoms with E-state index in [9.17, 15) is 18.0 Å². The van der Waals surface area contributed by atoms with Crippen LogP contribution in [-0.2, 0) is 23.9 Å². The zero-order valence-electron chi connectivity index (χ0n) is 13.0. The Hall–Kier alpha value is -2.34. The van der Waals surface area contributed by atoms with Gasteiger partial charge in [0.05, 0.1) is 12.1 Å². The summed E-state index contributed by atoms with van der Waals surface area (Å²) in [6.45, 7) is 1.96. The van der Waals surface area contributed by atoms with Crippen molar-refractivity contribution in [3.8, 4) is 0 Å².